The molecule has 15 heavy (non-hydrogen) atoms. The number of amides is 1. The molecule has 0 saturated carbocycles. The highest BCUT2D eigenvalue weighted by Gasteiger charge is 2.30. The Morgan fingerprint density at radius 1 is 1.67 bits per heavy atom. The summed E-state index contributed by atoms with van der Waals surface area (Å²) in [5, 5.41) is 2.95. The van der Waals surface area contributed by atoms with Gasteiger partial charge in [-0.1, -0.05) is 0 Å². The summed E-state index contributed by atoms with van der Waals surface area (Å²) in [5.41, 5.74) is 0. The number of esters is 1. The number of carbonyl (C=O) groups excluding carboxylic acids is 2. The summed E-state index contributed by atoms with van der Waals surface area (Å²) in [6.45, 7) is 3.36. The molecule has 0 spiro atoms. The molecule has 1 rings (SSSR count). The molecule has 0 aromatic rings. The zero-order chi connectivity index (χ0) is 11.3. The van der Waals surface area contributed by atoms with Crippen LogP contribution in [0.3, 0.4) is 0 Å². The summed E-state index contributed by atoms with van der Waals surface area (Å²) < 4.78 is 4.80. The van der Waals surface area contributed by atoms with Crippen LogP contribution in [0.5, 0.6) is 0 Å². The van der Waals surface area contributed by atoms with E-state index in [0.29, 0.717) is 13.2 Å². The first-order valence-corrected chi connectivity index (χ1v) is 5.30. The predicted molar refractivity (Wildman–Crippen MR) is 55.3 cm³/mol. The van der Waals surface area contributed by atoms with Gasteiger partial charge in [0, 0.05) is 13.1 Å². The predicted octanol–water partition coefficient (Wildman–Crippen LogP) is -0.240. The Balaban J connectivity index is 2.28. The van der Waals surface area contributed by atoms with E-state index in [1.165, 1.54) is 0 Å². The summed E-state index contributed by atoms with van der Waals surface area (Å²) in [7, 11) is 1.78. The Kier molecular flexibility index (Phi) is 4.55. The number of rotatable bonds is 5. The van der Waals surface area contributed by atoms with Crippen LogP contribution >= 0.6 is 0 Å². The third-order valence-electron chi connectivity index (χ3n) is 2.54. The molecule has 5 heteroatoms. The molecule has 86 valence electrons. The van der Waals surface area contributed by atoms with Crippen molar-refractivity contribution in [2.75, 3.05) is 26.7 Å². The molecule has 0 aliphatic carbocycles. The number of carbonyl (C=O) groups is 2. The average molecular weight is 214 g/mol. The van der Waals surface area contributed by atoms with E-state index < -0.39 is 0 Å². The van der Waals surface area contributed by atoms with Crippen molar-refractivity contribution in [2.45, 2.75) is 25.8 Å². The maximum Gasteiger partial charge on any atom is 0.307 e. The van der Waals surface area contributed by atoms with E-state index in [9.17, 15) is 9.59 Å². The van der Waals surface area contributed by atoms with Gasteiger partial charge in [0.05, 0.1) is 19.1 Å². The van der Waals surface area contributed by atoms with Crippen molar-refractivity contribution >= 4 is 11.9 Å². The van der Waals surface area contributed by atoms with Crippen LogP contribution in [0, 0.1) is 0 Å². The van der Waals surface area contributed by atoms with Gasteiger partial charge in [0.25, 0.3) is 0 Å². The van der Waals surface area contributed by atoms with Gasteiger partial charge in [0.1, 0.15) is 0 Å². The zero-order valence-corrected chi connectivity index (χ0v) is 9.28. The summed E-state index contributed by atoms with van der Waals surface area (Å²) in [6.07, 6.45) is 1.11. The van der Waals surface area contributed by atoms with Crippen LogP contribution in [0.25, 0.3) is 0 Å². The maximum atomic E-state index is 11.6. The molecular weight excluding hydrogens is 196 g/mol. The first-order chi connectivity index (χ1) is 7.19. The van der Waals surface area contributed by atoms with E-state index in [0.717, 1.165) is 13.0 Å². The Morgan fingerprint density at radius 3 is 2.93 bits per heavy atom. The summed E-state index contributed by atoms with van der Waals surface area (Å²) in [5.74, 6) is -0.153. The summed E-state index contributed by atoms with van der Waals surface area (Å²) in [6, 6.07) is -0.0767. The van der Waals surface area contributed by atoms with Gasteiger partial charge in [0.2, 0.25) is 5.91 Å². The van der Waals surface area contributed by atoms with Gasteiger partial charge in [-0.25, -0.2) is 0 Å². The lowest BCUT2D eigenvalue weighted by atomic mass is 10.3. The fraction of sp³-hybridized carbons (Fsp3) is 0.800. The van der Waals surface area contributed by atoms with Gasteiger partial charge in [-0.05, 0) is 20.4 Å². The van der Waals surface area contributed by atoms with Crippen molar-refractivity contribution in [1.82, 2.24) is 10.2 Å². The lowest BCUT2D eigenvalue weighted by Gasteiger charge is -2.15. The molecule has 1 atom stereocenters. The first-order valence-electron chi connectivity index (χ1n) is 5.30. The summed E-state index contributed by atoms with van der Waals surface area (Å²) in [4.78, 5) is 24.4. The van der Waals surface area contributed by atoms with Crippen molar-refractivity contribution in [1.29, 1.82) is 0 Å². The Morgan fingerprint density at radius 2 is 2.40 bits per heavy atom. The number of nitrogens with one attached hydrogen (secondary N) is 1. The van der Waals surface area contributed by atoms with Crippen LogP contribution < -0.4 is 5.32 Å². The monoisotopic (exact) mass is 214 g/mol. The smallest absolute Gasteiger partial charge is 0.307 e. The normalized spacial score (nSPS) is 20.8. The van der Waals surface area contributed by atoms with Crippen molar-refractivity contribution < 1.29 is 14.3 Å². The molecule has 0 aromatic heterocycles. The molecule has 1 saturated heterocycles. The van der Waals surface area contributed by atoms with E-state index in [1.54, 1.807) is 18.9 Å². The Bertz CT molecular complexity index is 243. The van der Waals surface area contributed by atoms with E-state index >= 15 is 0 Å². The van der Waals surface area contributed by atoms with Crippen LogP contribution in [0.2, 0.25) is 0 Å². The molecule has 5 nitrogen and oxygen atoms in total. The molecule has 1 aliphatic heterocycles. The van der Waals surface area contributed by atoms with E-state index in [1.807, 2.05) is 0 Å². The molecular formula is C10H18N2O3. The SMILES string of the molecule is CCOC(=O)CCN1CCC(NC)C1=O. The molecule has 0 radical (unpaired) electrons. The largest absolute Gasteiger partial charge is 0.466 e. The Hall–Kier alpha value is -1.10. The minimum absolute atomic E-state index is 0.0767. The standard InChI is InChI=1S/C10H18N2O3/c1-3-15-9(13)5-7-12-6-4-8(11-2)10(12)14/h8,11H,3-7H2,1-2H3. The molecule has 1 aliphatic rings. The number of likely N-dealkylation sites (tertiary alicyclic amines) is 1. The van der Waals surface area contributed by atoms with Crippen LogP contribution in [0.1, 0.15) is 19.8 Å². The molecule has 1 fully saturated rings. The van der Waals surface area contributed by atoms with Gasteiger partial charge in [0.15, 0.2) is 0 Å². The maximum absolute atomic E-state index is 11.6. The lowest BCUT2D eigenvalue weighted by Crippen LogP contribution is -2.37. The van der Waals surface area contributed by atoms with E-state index in [2.05, 4.69) is 5.32 Å². The lowest BCUT2D eigenvalue weighted by molar-refractivity contribution is -0.143. The Labute approximate surface area is 89.8 Å². The van der Waals surface area contributed by atoms with Crippen LogP contribution in [0.15, 0.2) is 0 Å². The third kappa shape index (κ3) is 3.20. The van der Waals surface area contributed by atoms with Crippen molar-refractivity contribution in [3.05, 3.63) is 0 Å². The number of ether oxygens (including phenoxy) is 1. The number of hydrogen-bond acceptors (Lipinski definition) is 4. The molecule has 1 heterocycles. The van der Waals surface area contributed by atoms with Crippen molar-refractivity contribution in [3.8, 4) is 0 Å². The van der Waals surface area contributed by atoms with Gasteiger partial charge in [-0.15, -0.1) is 0 Å². The molecule has 1 unspecified atom stereocenters. The number of nitrogens with zero attached hydrogens (tertiary/aromatic N) is 1. The number of hydrogen-bond donors (Lipinski definition) is 1. The van der Waals surface area contributed by atoms with Gasteiger partial charge < -0.3 is 15.0 Å². The van der Waals surface area contributed by atoms with E-state index in [4.69, 9.17) is 4.74 Å². The average Bonchev–Trinajstić information content (AvgIpc) is 2.57. The first kappa shape index (κ1) is 12.0. The van der Waals surface area contributed by atoms with Gasteiger partial charge in [-0.3, -0.25) is 9.59 Å². The van der Waals surface area contributed by atoms with Gasteiger partial charge >= 0.3 is 5.97 Å². The third-order valence-corrected chi connectivity index (χ3v) is 2.54. The molecule has 1 N–H and O–H groups in total. The van der Waals surface area contributed by atoms with Crippen molar-refractivity contribution in [2.24, 2.45) is 0 Å². The molecule has 0 aromatic carbocycles. The fourth-order valence-electron chi connectivity index (χ4n) is 1.69. The highest BCUT2D eigenvalue weighted by Crippen LogP contribution is 2.10. The van der Waals surface area contributed by atoms with Crippen LogP contribution in [-0.2, 0) is 14.3 Å². The quantitative estimate of drug-likeness (QED) is 0.642. The molecule has 0 bridgehead atoms. The van der Waals surface area contributed by atoms with Gasteiger partial charge in [-0.2, -0.15) is 0 Å². The van der Waals surface area contributed by atoms with Crippen molar-refractivity contribution in [3.63, 3.8) is 0 Å². The van der Waals surface area contributed by atoms with Crippen LogP contribution in [-0.4, -0.2) is 49.6 Å². The molecule has 1 amide bonds. The van der Waals surface area contributed by atoms with E-state index in [-0.39, 0.29) is 24.3 Å². The zero-order valence-electron chi connectivity index (χ0n) is 9.28. The second-order valence-corrected chi connectivity index (χ2v) is 3.51. The number of likely N-dealkylation sites (N-methyl/N-ethyl adjacent to an activating group) is 1. The topological polar surface area (TPSA) is 58.6 Å². The fourth-order valence-corrected chi connectivity index (χ4v) is 1.69. The minimum atomic E-state index is -0.238. The minimum Gasteiger partial charge on any atom is -0.466 e. The van der Waals surface area contributed by atoms with Crippen LogP contribution in [0.4, 0.5) is 0 Å². The highest BCUT2D eigenvalue weighted by atomic mass is 16.5. The highest BCUT2D eigenvalue weighted by molar-refractivity contribution is 5.84. The second-order valence-electron chi connectivity index (χ2n) is 3.51. The second kappa shape index (κ2) is 5.70. The summed E-state index contributed by atoms with van der Waals surface area (Å²) >= 11 is 0.